The van der Waals surface area contributed by atoms with Crippen molar-refractivity contribution in [3.8, 4) is 5.75 Å². The number of pyridine rings is 1. The molecule has 2 heterocycles. The van der Waals surface area contributed by atoms with E-state index in [2.05, 4.69) is 20.4 Å². The summed E-state index contributed by atoms with van der Waals surface area (Å²) in [6.07, 6.45) is 3.75. The fourth-order valence-electron chi connectivity index (χ4n) is 1.76. The summed E-state index contributed by atoms with van der Waals surface area (Å²) in [7, 11) is 1.58. The monoisotopic (exact) mass is 274 g/mol. The van der Waals surface area contributed by atoms with Gasteiger partial charge in [0.2, 0.25) is 0 Å². The molecule has 7 heteroatoms. The van der Waals surface area contributed by atoms with Gasteiger partial charge in [0, 0.05) is 18.2 Å². The molecule has 0 aliphatic heterocycles. The molecule has 3 rings (SSSR count). The Labute approximate surface area is 115 Å². The second-order valence-electron chi connectivity index (χ2n) is 4.60. The first-order valence-corrected chi connectivity index (χ1v) is 6.37. The largest absolute Gasteiger partial charge is 0.497 e. The van der Waals surface area contributed by atoms with Crippen molar-refractivity contribution in [3.05, 3.63) is 35.7 Å². The summed E-state index contributed by atoms with van der Waals surface area (Å²) < 4.78 is 10.0. The van der Waals surface area contributed by atoms with Crippen molar-refractivity contribution in [2.45, 2.75) is 25.3 Å². The highest BCUT2D eigenvalue weighted by Crippen LogP contribution is 2.38. The first-order chi connectivity index (χ1) is 9.76. The van der Waals surface area contributed by atoms with Gasteiger partial charge in [0.05, 0.1) is 19.3 Å². The Bertz CT molecular complexity index is 622. The van der Waals surface area contributed by atoms with E-state index in [4.69, 9.17) is 9.26 Å². The third-order valence-corrected chi connectivity index (χ3v) is 3.03. The maximum atomic E-state index is 11.9. The summed E-state index contributed by atoms with van der Waals surface area (Å²) >= 11 is 0. The Morgan fingerprint density at radius 2 is 2.40 bits per heavy atom. The van der Waals surface area contributed by atoms with Gasteiger partial charge in [-0.15, -0.1) is 0 Å². The molecule has 0 spiro atoms. The van der Waals surface area contributed by atoms with Crippen LogP contribution in [0.4, 0.5) is 0 Å². The van der Waals surface area contributed by atoms with E-state index in [1.165, 1.54) is 0 Å². The van der Waals surface area contributed by atoms with Crippen molar-refractivity contribution in [1.82, 2.24) is 20.4 Å². The quantitative estimate of drug-likeness (QED) is 0.883. The molecule has 1 aliphatic rings. The summed E-state index contributed by atoms with van der Waals surface area (Å²) in [4.78, 5) is 20.1. The molecule has 0 radical (unpaired) electrons. The van der Waals surface area contributed by atoms with Crippen molar-refractivity contribution in [2.75, 3.05) is 7.11 Å². The Hall–Kier alpha value is -2.44. The Kier molecular flexibility index (Phi) is 3.32. The number of nitrogens with zero attached hydrogens (tertiary/aromatic N) is 3. The van der Waals surface area contributed by atoms with E-state index in [9.17, 15) is 4.79 Å². The minimum atomic E-state index is -0.394. The number of carbonyl (C=O) groups is 1. The highest BCUT2D eigenvalue weighted by atomic mass is 16.5. The molecule has 0 bridgehead atoms. The second-order valence-corrected chi connectivity index (χ2v) is 4.60. The van der Waals surface area contributed by atoms with E-state index in [1.807, 2.05) is 0 Å². The molecule has 0 atom stereocenters. The minimum absolute atomic E-state index is 0.00482. The van der Waals surface area contributed by atoms with E-state index < -0.39 is 5.91 Å². The lowest BCUT2D eigenvalue weighted by atomic mass is 10.3. The smallest absolute Gasteiger partial charge is 0.315 e. The van der Waals surface area contributed by atoms with Gasteiger partial charge in [-0.25, -0.2) is 0 Å². The first kappa shape index (κ1) is 12.6. The van der Waals surface area contributed by atoms with Gasteiger partial charge < -0.3 is 14.6 Å². The molecular formula is C13H14N4O3. The summed E-state index contributed by atoms with van der Waals surface area (Å²) in [6, 6.07) is 3.50. The number of carbonyl (C=O) groups excluding carboxylic acids is 1. The van der Waals surface area contributed by atoms with Gasteiger partial charge in [0.15, 0.2) is 5.82 Å². The molecule has 1 saturated carbocycles. The lowest BCUT2D eigenvalue weighted by molar-refractivity contribution is 0.0906. The van der Waals surface area contributed by atoms with Crippen LogP contribution in [0.2, 0.25) is 0 Å². The zero-order chi connectivity index (χ0) is 13.9. The number of amides is 1. The van der Waals surface area contributed by atoms with Gasteiger partial charge in [-0.2, -0.15) is 4.98 Å². The SMILES string of the molecule is COc1ccnc(CNC(=O)c2nc(C3CC3)no2)c1. The van der Waals surface area contributed by atoms with Crippen LogP contribution in [0.15, 0.2) is 22.9 Å². The van der Waals surface area contributed by atoms with Gasteiger partial charge in [-0.05, 0) is 18.9 Å². The number of hydrogen-bond donors (Lipinski definition) is 1. The van der Waals surface area contributed by atoms with Crippen LogP contribution < -0.4 is 10.1 Å². The van der Waals surface area contributed by atoms with Crippen molar-refractivity contribution in [3.63, 3.8) is 0 Å². The maximum absolute atomic E-state index is 11.9. The lowest BCUT2D eigenvalue weighted by Crippen LogP contribution is -2.23. The van der Waals surface area contributed by atoms with Gasteiger partial charge in [0.25, 0.3) is 0 Å². The van der Waals surface area contributed by atoms with Crippen molar-refractivity contribution in [2.24, 2.45) is 0 Å². The van der Waals surface area contributed by atoms with Crippen LogP contribution in [0.25, 0.3) is 0 Å². The van der Waals surface area contributed by atoms with Crippen LogP contribution in [0, 0.1) is 0 Å². The Morgan fingerprint density at radius 1 is 1.55 bits per heavy atom. The molecule has 0 saturated heterocycles. The molecule has 1 aliphatic carbocycles. The molecule has 1 N–H and O–H groups in total. The van der Waals surface area contributed by atoms with Gasteiger partial charge in [-0.1, -0.05) is 5.16 Å². The predicted octanol–water partition coefficient (Wildman–Crippen LogP) is 1.28. The highest BCUT2D eigenvalue weighted by molar-refractivity contribution is 5.89. The van der Waals surface area contributed by atoms with Crippen LogP contribution >= 0.6 is 0 Å². The van der Waals surface area contributed by atoms with Gasteiger partial charge in [-0.3, -0.25) is 9.78 Å². The van der Waals surface area contributed by atoms with Crippen LogP contribution in [0.1, 0.15) is 41.0 Å². The standard InChI is InChI=1S/C13H14N4O3/c1-19-10-4-5-14-9(6-10)7-15-12(18)13-16-11(17-20-13)8-2-3-8/h4-6,8H,2-3,7H2,1H3,(H,15,18). The third-order valence-electron chi connectivity index (χ3n) is 3.03. The molecule has 0 unspecified atom stereocenters. The van der Waals surface area contributed by atoms with E-state index in [-0.39, 0.29) is 12.4 Å². The normalized spacial score (nSPS) is 14.1. The number of nitrogens with one attached hydrogen (secondary N) is 1. The highest BCUT2D eigenvalue weighted by Gasteiger charge is 2.29. The summed E-state index contributed by atoms with van der Waals surface area (Å²) in [5, 5.41) is 6.49. The van der Waals surface area contributed by atoms with E-state index in [0.29, 0.717) is 23.2 Å². The third kappa shape index (κ3) is 2.76. The minimum Gasteiger partial charge on any atom is -0.497 e. The zero-order valence-corrected chi connectivity index (χ0v) is 11.0. The fourth-order valence-corrected chi connectivity index (χ4v) is 1.76. The van der Waals surface area contributed by atoms with E-state index in [1.54, 1.807) is 25.4 Å². The van der Waals surface area contributed by atoms with Crippen molar-refractivity contribution < 1.29 is 14.1 Å². The number of aromatic nitrogens is 3. The molecule has 2 aromatic heterocycles. The van der Waals surface area contributed by atoms with E-state index >= 15 is 0 Å². The predicted molar refractivity (Wildman–Crippen MR) is 68.2 cm³/mol. The topological polar surface area (TPSA) is 90.1 Å². The zero-order valence-electron chi connectivity index (χ0n) is 11.0. The molecule has 1 fully saturated rings. The molecular weight excluding hydrogens is 260 g/mol. The maximum Gasteiger partial charge on any atom is 0.315 e. The van der Waals surface area contributed by atoms with Gasteiger partial charge in [0.1, 0.15) is 5.75 Å². The molecule has 104 valence electrons. The number of rotatable bonds is 5. The number of ether oxygens (including phenoxy) is 1. The Morgan fingerprint density at radius 3 is 3.15 bits per heavy atom. The van der Waals surface area contributed by atoms with Crippen molar-refractivity contribution >= 4 is 5.91 Å². The van der Waals surface area contributed by atoms with Crippen LogP contribution in [0.5, 0.6) is 5.75 Å². The van der Waals surface area contributed by atoms with Gasteiger partial charge >= 0.3 is 11.8 Å². The van der Waals surface area contributed by atoms with Crippen LogP contribution in [0.3, 0.4) is 0 Å². The molecule has 7 nitrogen and oxygen atoms in total. The fraction of sp³-hybridized carbons (Fsp3) is 0.385. The summed E-state index contributed by atoms with van der Waals surface area (Å²) in [5.41, 5.74) is 0.694. The molecule has 20 heavy (non-hydrogen) atoms. The number of hydrogen-bond acceptors (Lipinski definition) is 6. The van der Waals surface area contributed by atoms with Crippen molar-refractivity contribution in [1.29, 1.82) is 0 Å². The lowest BCUT2D eigenvalue weighted by Gasteiger charge is -2.03. The van der Waals surface area contributed by atoms with Crippen LogP contribution in [-0.2, 0) is 6.54 Å². The Balaban J connectivity index is 1.60. The summed E-state index contributed by atoms with van der Waals surface area (Å²) in [5.74, 6) is 1.27. The van der Waals surface area contributed by atoms with E-state index in [0.717, 1.165) is 12.8 Å². The average molecular weight is 274 g/mol. The molecule has 2 aromatic rings. The number of methoxy groups -OCH3 is 1. The molecule has 1 amide bonds. The summed E-state index contributed by atoms with van der Waals surface area (Å²) in [6.45, 7) is 0.275. The second kappa shape index (κ2) is 5.28. The average Bonchev–Trinajstić information content (AvgIpc) is 3.22. The molecule has 0 aromatic carbocycles. The van der Waals surface area contributed by atoms with Crippen LogP contribution in [-0.4, -0.2) is 28.1 Å². The first-order valence-electron chi connectivity index (χ1n) is 6.37.